The fourth-order valence-corrected chi connectivity index (χ4v) is 3.41. The third-order valence-corrected chi connectivity index (χ3v) is 4.30. The Morgan fingerprint density at radius 1 is 1.24 bits per heavy atom. The van der Waals surface area contributed by atoms with E-state index in [0.29, 0.717) is 11.8 Å². The molecule has 90 valence electrons. The molecule has 1 fully saturated rings. The lowest BCUT2D eigenvalue weighted by Crippen LogP contribution is -2.35. The van der Waals surface area contributed by atoms with Gasteiger partial charge in [0.05, 0.1) is 6.10 Å². The van der Waals surface area contributed by atoms with Crippen LogP contribution in [0.3, 0.4) is 0 Å². The second-order valence-corrected chi connectivity index (χ2v) is 5.21. The lowest BCUT2D eigenvalue weighted by atomic mass is 9.66. The number of fused-ring (bicyclic) bond motifs is 3. The molecule has 0 aromatic rings. The van der Waals surface area contributed by atoms with Crippen molar-refractivity contribution in [2.75, 3.05) is 7.11 Å². The van der Waals surface area contributed by atoms with Crippen LogP contribution in [-0.4, -0.2) is 24.1 Å². The predicted octanol–water partition coefficient (Wildman–Crippen LogP) is 2.32. The van der Waals surface area contributed by atoms with Gasteiger partial charge in [-0.05, 0) is 48.0 Å². The molecular weight excluding hydrogens is 212 g/mol. The molecular formula is C15H19O2+. The van der Waals surface area contributed by atoms with Crippen molar-refractivity contribution in [2.45, 2.75) is 31.8 Å². The first-order chi connectivity index (χ1) is 8.29. The van der Waals surface area contributed by atoms with Gasteiger partial charge in [0.1, 0.15) is 0 Å². The predicted molar refractivity (Wildman–Crippen MR) is 67.7 cm³/mol. The molecule has 3 rings (SSSR count). The molecule has 0 spiro atoms. The van der Waals surface area contributed by atoms with Crippen LogP contribution in [0.5, 0.6) is 0 Å². The quantitative estimate of drug-likeness (QED) is 0.637. The Morgan fingerprint density at radius 3 is 2.88 bits per heavy atom. The van der Waals surface area contributed by atoms with Crippen LogP contribution >= 0.6 is 0 Å². The molecule has 0 saturated heterocycles. The number of aliphatic hydroxyl groups is 1. The first kappa shape index (κ1) is 11.0. The fourth-order valence-electron chi connectivity index (χ4n) is 3.41. The molecule has 0 amide bonds. The number of ketones is 1. The second kappa shape index (κ2) is 4.26. The van der Waals surface area contributed by atoms with Crippen LogP contribution in [0, 0.1) is 11.8 Å². The standard InChI is InChI=1S/C15H19O2/c1-17-11-7-6-10-8-15(16)13-5-3-2-4-12(13)14(10)9-11/h6-9,12-13,15-16H,2-5H2,1H3/q+1/t12-,13-,15-/m1/s1. The molecule has 0 aliphatic heterocycles. The highest BCUT2D eigenvalue weighted by molar-refractivity contribution is 6.02. The van der Waals surface area contributed by atoms with Crippen LogP contribution < -0.4 is 0 Å². The van der Waals surface area contributed by atoms with E-state index in [1.807, 2.05) is 12.2 Å². The summed E-state index contributed by atoms with van der Waals surface area (Å²) >= 11 is 0. The van der Waals surface area contributed by atoms with Gasteiger partial charge < -0.3 is 5.11 Å². The minimum Gasteiger partial charge on any atom is -0.389 e. The minimum atomic E-state index is -0.263. The van der Waals surface area contributed by atoms with Crippen molar-refractivity contribution in [2.24, 2.45) is 11.8 Å². The molecule has 0 aromatic heterocycles. The molecule has 2 nitrogen and oxygen atoms in total. The summed E-state index contributed by atoms with van der Waals surface area (Å²) in [4.78, 5) is 0. The van der Waals surface area contributed by atoms with Gasteiger partial charge >= 0.3 is 5.78 Å². The highest BCUT2D eigenvalue weighted by Crippen LogP contribution is 2.44. The van der Waals surface area contributed by atoms with Crippen molar-refractivity contribution in [3.8, 4) is 0 Å². The minimum absolute atomic E-state index is 0.263. The highest BCUT2D eigenvalue weighted by Gasteiger charge is 2.38. The Balaban J connectivity index is 2.02. The lowest BCUT2D eigenvalue weighted by Gasteiger charge is -2.39. The summed E-state index contributed by atoms with van der Waals surface area (Å²) in [6, 6.07) is 0. The average molecular weight is 231 g/mol. The van der Waals surface area contributed by atoms with Gasteiger partial charge in [-0.3, -0.25) is 4.42 Å². The molecule has 0 heterocycles. The molecule has 3 atom stereocenters. The second-order valence-electron chi connectivity index (χ2n) is 5.21. The lowest BCUT2D eigenvalue weighted by molar-refractivity contribution is -0.417. The van der Waals surface area contributed by atoms with E-state index in [-0.39, 0.29) is 6.10 Å². The SMILES string of the molecule is C[O+]=C1C=CC2=C[C@@H](O)[C@@H]3CCCC[C@H]3C2=C1. The molecule has 0 aromatic carbocycles. The van der Waals surface area contributed by atoms with Gasteiger partial charge in [-0.15, -0.1) is 0 Å². The summed E-state index contributed by atoms with van der Waals surface area (Å²) in [6.45, 7) is 0. The number of carbonyl (C=O) groups excluding carboxylic acids is 1. The summed E-state index contributed by atoms with van der Waals surface area (Å²) in [5, 5.41) is 10.2. The number of rotatable bonds is 0. The molecule has 0 bridgehead atoms. The number of allylic oxidation sites excluding steroid dienone is 5. The Kier molecular flexibility index (Phi) is 2.75. The third kappa shape index (κ3) is 1.81. The molecule has 1 N–H and O–H groups in total. The van der Waals surface area contributed by atoms with Gasteiger partial charge in [-0.25, -0.2) is 0 Å². The first-order valence-electron chi connectivity index (χ1n) is 6.50. The van der Waals surface area contributed by atoms with Crippen molar-refractivity contribution in [1.29, 1.82) is 0 Å². The largest absolute Gasteiger partial charge is 0.389 e. The maximum Gasteiger partial charge on any atom is 0.343 e. The third-order valence-electron chi connectivity index (χ3n) is 4.30. The van der Waals surface area contributed by atoms with Gasteiger partial charge in [-0.2, -0.15) is 0 Å². The topological polar surface area (TPSA) is 31.5 Å². The Labute approximate surface area is 102 Å². The van der Waals surface area contributed by atoms with Crippen LogP contribution in [0.15, 0.2) is 35.5 Å². The molecule has 1 saturated carbocycles. The maximum atomic E-state index is 10.2. The molecule has 2 heteroatoms. The average Bonchev–Trinajstić information content (AvgIpc) is 2.39. The monoisotopic (exact) mass is 231 g/mol. The maximum absolute atomic E-state index is 10.2. The number of hydrogen-bond acceptors (Lipinski definition) is 1. The van der Waals surface area contributed by atoms with Crippen molar-refractivity contribution in [3.05, 3.63) is 35.5 Å². The Hall–Kier alpha value is -1.15. The number of aliphatic hydroxyl groups excluding tert-OH is 1. The summed E-state index contributed by atoms with van der Waals surface area (Å²) < 4.78 is 5.31. The molecule has 0 unspecified atom stereocenters. The van der Waals surface area contributed by atoms with Crippen LogP contribution in [-0.2, 0) is 4.42 Å². The van der Waals surface area contributed by atoms with Crippen molar-refractivity contribution in [3.63, 3.8) is 0 Å². The summed E-state index contributed by atoms with van der Waals surface area (Å²) in [7, 11) is 1.71. The molecule has 3 aliphatic carbocycles. The van der Waals surface area contributed by atoms with Crippen LogP contribution in [0.25, 0.3) is 0 Å². The summed E-state index contributed by atoms with van der Waals surface area (Å²) in [5.41, 5.74) is 2.57. The molecule has 3 aliphatic rings. The summed E-state index contributed by atoms with van der Waals surface area (Å²) in [6.07, 6.45) is 12.8. The Bertz CT molecular complexity index is 440. The van der Waals surface area contributed by atoms with Gasteiger partial charge in [0.2, 0.25) is 0 Å². The van der Waals surface area contributed by atoms with Crippen molar-refractivity contribution >= 4 is 5.78 Å². The highest BCUT2D eigenvalue weighted by atomic mass is 16.4. The van der Waals surface area contributed by atoms with Gasteiger partial charge in [-0.1, -0.05) is 12.8 Å². The Morgan fingerprint density at radius 2 is 2.06 bits per heavy atom. The van der Waals surface area contributed by atoms with Crippen molar-refractivity contribution in [1.82, 2.24) is 0 Å². The normalized spacial score (nSPS) is 38.2. The fraction of sp³-hybridized carbons (Fsp3) is 0.533. The van der Waals surface area contributed by atoms with Crippen LogP contribution in [0.2, 0.25) is 0 Å². The van der Waals surface area contributed by atoms with Crippen LogP contribution in [0.4, 0.5) is 0 Å². The molecule has 0 radical (unpaired) electrons. The summed E-state index contributed by atoms with van der Waals surface area (Å²) in [5.74, 6) is 1.87. The van der Waals surface area contributed by atoms with Gasteiger partial charge in [0.15, 0.2) is 0 Å². The van der Waals surface area contributed by atoms with E-state index >= 15 is 0 Å². The van der Waals surface area contributed by atoms with E-state index < -0.39 is 0 Å². The van der Waals surface area contributed by atoms with Crippen molar-refractivity contribution < 1.29 is 9.53 Å². The first-order valence-corrected chi connectivity index (χ1v) is 6.50. The zero-order chi connectivity index (χ0) is 11.8. The van der Waals surface area contributed by atoms with Crippen LogP contribution in [0.1, 0.15) is 25.7 Å². The number of hydrogen-bond donors (Lipinski definition) is 1. The van der Waals surface area contributed by atoms with E-state index in [1.54, 1.807) is 7.11 Å². The van der Waals surface area contributed by atoms with E-state index in [0.717, 1.165) is 12.2 Å². The molecule has 17 heavy (non-hydrogen) atoms. The smallest absolute Gasteiger partial charge is 0.343 e. The zero-order valence-electron chi connectivity index (χ0n) is 10.2. The van der Waals surface area contributed by atoms with E-state index in [4.69, 9.17) is 4.42 Å². The van der Waals surface area contributed by atoms with E-state index in [1.165, 1.54) is 30.4 Å². The van der Waals surface area contributed by atoms with Gasteiger partial charge in [0.25, 0.3) is 7.11 Å². The zero-order valence-corrected chi connectivity index (χ0v) is 10.2. The van der Waals surface area contributed by atoms with Gasteiger partial charge in [0, 0.05) is 12.2 Å². The van der Waals surface area contributed by atoms with E-state index in [2.05, 4.69) is 12.2 Å². The van der Waals surface area contributed by atoms with E-state index in [9.17, 15) is 5.11 Å².